The molecule has 1 aromatic heterocycles. The number of methoxy groups -OCH3 is 1. The van der Waals surface area contributed by atoms with Crippen LogP contribution in [0, 0.1) is 17.0 Å². The number of rotatable bonds is 8. The number of sulfonamides is 1. The van der Waals surface area contributed by atoms with Crippen molar-refractivity contribution in [3.8, 4) is 5.75 Å². The number of nitrogens with zero attached hydrogens (tertiary/aromatic N) is 2. The van der Waals surface area contributed by atoms with Crippen LogP contribution in [0.15, 0.2) is 76.7 Å². The second kappa shape index (κ2) is 9.24. The molecule has 0 saturated carbocycles. The van der Waals surface area contributed by atoms with Gasteiger partial charge in [0.1, 0.15) is 10.6 Å². The summed E-state index contributed by atoms with van der Waals surface area (Å²) in [6.07, 6.45) is 1.57. The Labute approximate surface area is 195 Å². The third kappa shape index (κ3) is 4.55. The van der Waals surface area contributed by atoms with E-state index in [1.165, 1.54) is 25.3 Å². The molecule has 0 bridgehead atoms. The average molecular weight is 480 g/mol. The number of aromatic nitrogens is 1. The molecule has 174 valence electrons. The largest absolute Gasteiger partial charge is 0.495 e. The smallest absolute Gasteiger partial charge is 0.270 e. The van der Waals surface area contributed by atoms with Crippen molar-refractivity contribution in [2.45, 2.75) is 11.8 Å². The van der Waals surface area contributed by atoms with Gasteiger partial charge in [0.2, 0.25) is 0 Å². The second-order valence-corrected chi connectivity index (χ2v) is 8.97. The lowest BCUT2D eigenvalue weighted by Gasteiger charge is -2.14. The number of anilines is 2. The van der Waals surface area contributed by atoms with E-state index in [1.54, 1.807) is 24.4 Å². The van der Waals surface area contributed by atoms with Crippen LogP contribution in [-0.4, -0.2) is 31.6 Å². The van der Waals surface area contributed by atoms with Gasteiger partial charge in [-0.3, -0.25) is 20.3 Å². The molecule has 0 unspecified atom stereocenters. The van der Waals surface area contributed by atoms with E-state index in [-0.39, 0.29) is 22.0 Å². The van der Waals surface area contributed by atoms with Gasteiger partial charge in [-0.1, -0.05) is 30.3 Å². The molecule has 0 aliphatic heterocycles. The highest BCUT2D eigenvalue weighted by atomic mass is 32.2. The fourth-order valence-corrected chi connectivity index (χ4v) is 4.75. The minimum absolute atomic E-state index is 0.0711. The number of hydrazone groups is 1. The van der Waals surface area contributed by atoms with Crippen LogP contribution < -0.4 is 14.9 Å². The molecule has 0 radical (unpaired) electrons. The molecule has 0 saturated heterocycles. The summed E-state index contributed by atoms with van der Waals surface area (Å²) in [5.74, 6) is 0.304. The Morgan fingerprint density at radius 1 is 1.06 bits per heavy atom. The minimum Gasteiger partial charge on any atom is -0.495 e. The molecule has 10 nitrogen and oxygen atoms in total. The lowest BCUT2D eigenvalue weighted by molar-refractivity contribution is -0.385. The van der Waals surface area contributed by atoms with Gasteiger partial charge < -0.3 is 9.72 Å². The number of H-pyrrole nitrogens is 1. The normalized spacial score (nSPS) is 11.6. The summed E-state index contributed by atoms with van der Waals surface area (Å²) in [6.45, 7) is 1.90. The number of nitro benzene ring substituents is 1. The first kappa shape index (κ1) is 22.8. The highest BCUT2D eigenvalue weighted by molar-refractivity contribution is 7.93. The molecule has 0 atom stereocenters. The van der Waals surface area contributed by atoms with Crippen LogP contribution in [0.5, 0.6) is 5.75 Å². The van der Waals surface area contributed by atoms with Crippen LogP contribution >= 0.6 is 0 Å². The summed E-state index contributed by atoms with van der Waals surface area (Å²) in [6, 6.07) is 17.6. The number of benzene rings is 3. The zero-order valence-electron chi connectivity index (χ0n) is 18.3. The number of hydrogen-bond donors (Lipinski definition) is 3. The van der Waals surface area contributed by atoms with Crippen LogP contribution in [0.3, 0.4) is 0 Å². The van der Waals surface area contributed by atoms with Gasteiger partial charge in [0.15, 0.2) is 0 Å². The molecule has 0 aliphatic rings. The third-order valence-electron chi connectivity index (χ3n) is 5.14. The SMILES string of the molecule is COc1ccccc1NS(=O)(=O)c1cc([N+](=O)[O-])ccc1N/N=C/c1c(C)[nH]c2ccccc12. The number of nitrogens with one attached hydrogen (secondary N) is 3. The molecule has 0 amide bonds. The fraction of sp³-hybridized carbons (Fsp3) is 0.0870. The molecule has 0 aliphatic carbocycles. The number of ether oxygens (including phenoxy) is 1. The van der Waals surface area contributed by atoms with Gasteiger partial charge in [-0.15, -0.1) is 0 Å². The fourth-order valence-electron chi connectivity index (χ4n) is 3.50. The lowest BCUT2D eigenvalue weighted by Crippen LogP contribution is -2.15. The van der Waals surface area contributed by atoms with Crippen LogP contribution in [0.25, 0.3) is 10.9 Å². The number of para-hydroxylation sites is 3. The molecule has 0 fully saturated rings. The predicted octanol–water partition coefficient (Wildman–Crippen LogP) is 4.64. The van der Waals surface area contributed by atoms with Crippen molar-refractivity contribution in [1.29, 1.82) is 0 Å². The van der Waals surface area contributed by atoms with Crippen LogP contribution in [0.1, 0.15) is 11.3 Å². The first-order valence-corrected chi connectivity index (χ1v) is 11.6. The maximum Gasteiger partial charge on any atom is 0.270 e. The molecule has 4 rings (SSSR count). The molecule has 11 heteroatoms. The molecular weight excluding hydrogens is 458 g/mol. The predicted molar refractivity (Wildman–Crippen MR) is 131 cm³/mol. The van der Waals surface area contributed by atoms with E-state index < -0.39 is 14.9 Å². The van der Waals surface area contributed by atoms with E-state index in [2.05, 4.69) is 20.2 Å². The second-order valence-electron chi connectivity index (χ2n) is 7.32. The van der Waals surface area contributed by atoms with Crippen molar-refractivity contribution >= 4 is 44.2 Å². The van der Waals surface area contributed by atoms with Gasteiger partial charge in [-0.25, -0.2) is 8.42 Å². The first-order valence-electron chi connectivity index (χ1n) is 10.1. The number of nitro groups is 1. The number of hydrogen-bond acceptors (Lipinski definition) is 7. The summed E-state index contributed by atoms with van der Waals surface area (Å²) >= 11 is 0. The van der Waals surface area contributed by atoms with Gasteiger partial charge in [-0.2, -0.15) is 5.10 Å². The summed E-state index contributed by atoms with van der Waals surface area (Å²) in [4.78, 5) is 13.6. The lowest BCUT2D eigenvalue weighted by atomic mass is 10.1. The minimum atomic E-state index is -4.24. The average Bonchev–Trinajstić information content (AvgIpc) is 3.14. The van der Waals surface area contributed by atoms with Gasteiger partial charge in [-0.05, 0) is 31.2 Å². The molecule has 1 heterocycles. The van der Waals surface area contributed by atoms with Crippen molar-refractivity contribution in [1.82, 2.24) is 4.98 Å². The Morgan fingerprint density at radius 2 is 1.79 bits per heavy atom. The van der Waals surface area contributed by atoms with E-state index in [0.717, 1.165) is 28.2 Å². The molecule has 3 aromatic carbocycles. The topological polar surface area (TPSA) is 139 Å². The van der Waals surface area contributed by atoms with E-state index in [9.17, 15) is 18.5 Å². The van der Waals surface area contributed by atoms with Gasteiger partial charge in [0.05, 0.1) is 29.6 Å². The third-order valence-corrected chi connectivity index (χ3v) is 6.54. The van der Waals surface area contributed by atoms with Crippen molar-refractivity contribution in [3.63, 3.8) is 0 Å². The first-order chi connectivity index (χ1) is 16.3. The molecule has 3 N–H and O–H groups in total. The van der Waals surface area contributed by atoms with E-state index in [1.807, 2.05) is 31.2 Å². The standard InChI is InChI=1S/C23H21N5O5S/c1-15-18(17-7-3-4-8-19(17)25-15)14-24-26-21-12-11-16(28(29)30)13-23(21)34(31,32)27-20-9-5-6-10-22(20)33-2/h3-14,25-27H,1-2H3/b24-14+. The maximum atomic E-state index is 13.2. The van der Waals surface area contributed by atoms with E-state index in [0.29, 0.717) is 5.75 Å². The quantitative estimate of drug-likeness (QED) is 0.191. The Bertz CT molecular complexity index is 1510. The molecule has 0 spiro atoms. The van der Waals surface area contributed by atoms with Crippen molar-refractivity contribution in [3.05, 3.63) is 88.1 Å². The van der Waals surface area contributed by atoms with Crippen LogP contribution in [0.4, 0.5) is 17.1 Å². The summed E-state index contributed by atoms with van der Waals surface area (Å²) in [7, 11) is -2.83. The van der Waals surface area contributed by atoms with Crippen molar-refractivity contribution < 1.29 is 18.1 Å². The summed E-state index contributed by atoms with van der Waals surface area (Å²) in [5.41, 5.74) is 5.28. The molecule has 34 heavy (non-hydrogen) atoms. The van der Waals surface area contributed by atoms with Crippen molar-refractivity contribution in [2.75, 3.05) is 17.3 Å². The highest BCUT2D eigenvalue weighted by Crippen LogP contribution is 2.31. The van der Waals surface area contributed by atoms with Crippen LogP contribution in [-0.2, 0) is 10.0 Å². The van der Waals surface area contributed by atoms with Gasteiger partial charge in [0.25, 0.3) is 15.7 Å². The van der Waals surface area contributed by atoms with Crippen molar-refractivity contribution in [2.24, 2.45) is 5.10 Å². The van der Waals surface area contributed by atoms with E-state index in [4.69, 9.17) is 4.74 Å². The molecular formula is C23H21N5O5S. The Morgan fingerprint density at radius 3 is 2.56 bits per heavy atom. The maximum absolute atomic E-state index is 13.2. The molecule has 4 aromatic rings. The van der Waals surface area contributed by atoms with Crippen LogP contribution in [0.2, 0.25) is 0 Å². The zero-order chi connectivity index (χ0) is 24.3. The number of aromatic amines is 1. The summed E-state index contributed by atoms with van der Waals surface area (Å²) < 4.78 is 34.0. The zero-order valence-corrected chi connectivity index (χ0v) is 19.1. The monoisotopic (exact) mass is 479 g/mol. The Kier molecular flexibility index (Phi) is 6.19. The van der Waals surface area contributed by atoms with E-state index >= 15 is 0 Å². The highest BCUT2D eigenvalue weighted by Gasteiger charge is 2.23. The number of aryl methyl sites for hydroxylation is 1. The van der Waals surface area contributed by atoms with Gasteiger partial charge >= 0.3 is 0 Å². The Balaban J connectivity index is 1.70. The number of fused-ring (bicyclic) bond motifs is 1. The Hall–Kier alpha value is -4.38. The summed E-state index contributed by atoms with van der Waals surface area (Å²) in [5, 5.41) is 16.5. The van der Waals surface area contributed by atoms with Gasteiger partial charge in [0, 0.05) is 34.3 Å². The number of non-ortho nitro benzene ring substituents is 1.